The van der Waals surface area contributed by atoms with Gasteiger partial charge in [0.15, 0.2) is 0 Å². The third kappa shape index (κ3) is 4.88. The van der Waals surface area contributed by atoms with Crippen LogP contribution >= 0.6 is 27.3 Å². The number of thiophene rings is 1. The van der Waals surface area contributed by atoms with E-state index in [0.29, 0.717) is 17.8 Å². The van der Waals surface area contributed by atoms with Gasteiger partial charge in [-0.05, 0) is 71.4 Å². The Morgan fingerprint density at radius 1 is 0.966 bits per heavy atom. The Hall–Kier alpha value is -2.16. The molecule has 0 fully saturated rings. The molecule has 0 radical (unpaired) electrons. The van der Waals surface area contributed by atoms with Gasteiger partial charge in [-0.25, -0.2) is 8.42 Å². The van der Waals surface area contributed by atoms with E-state index in [1.54, 1.807) is 71.8 Å². The van der Waals surface area contributed by atoms with Gasteiger partial charge in [0.05, 0.1) is 20.9 Å². The molecule has 0 spiro atoms. The molecular formula is C21H21BrN2O3S2. The van der Waals surface area contributed by atoms with Crippen LogP contribution < -0.4 is 4.31 Å². The molecule has 3 rings (SSSR count). The lowest BCUT2D eigenvalue weighted by molar-refractivity contribution is 0.0786. The van der Waals surface area contributed by atoms with Crippen molar-refractivity contribution in [3.8, 4) is 0 Å². The van der Waals surface area contributed by atoms with Crippen molar-refractivity contribution in [1.82, 2.24) is 4.90 Å². The van der Waals surface area contributed by atoms with Crippen molar-refractivity contribution in [3.63, 3.8) is 0 Å². The Kier molecular flexibility index (Phi) is 6.45. The first-order valence-corrected chi connectivity index (χ1v) is 11.9. The zero-order valence-corrected chi connectivity index (χ0v) is 19.5. The van der Waals surface area contributed by atoms with Crippen LogP contribution in [0.15, 0.2) is 69.3 Å². The average molecular weight is 493 g/mol. The summed E-state index contributed by atoms with van der Waals surface area (Å²) >= 11 is 5.01. The Morgan fingerprint density at radius 3 is 2.14 bits per heavy atom. The highest BCUT2D eigenvalue weighted by Crippen LogP contribution is 2.25. The number of carbonyl (C=O) groups excluding carboxylic acids is 1. The molecule has 0 saturated carbocycles. The number of sulfonamides is 1. The molecule has 1 aromatic heterocycles. The van der Waals surface area contributed by atoms with Gasteiger partial charge in [-0.2, -0.15) is 0 Å². The summed E-state index contributed by atoms with van der Waals surface area (Å²) in [5, 5.41) is 0. The van der Waals surface area contributed by atoms with E-state index < -0.39 is 10.0 Å². The summed E-state index contributed by atoms with van der Waals surface area (Å²) in [6.45, 7) is 2.42. The van der Waals surface area contributed by atoms with Crippen molar-refractivity contribution >= 4 is 48.9 Å². The highest BCUT2D eigenvalue weighted by molar-refractivity contribution is 9.11. The van der Waals surface area contributed by atoms with E-state index >= 15 is 0 Å². The van der Waals surface area contributed by atoms with Crippen LogP contribution in [0.5, 0.6) is 0 Å². The molecule has 0 atom stereocenters. The lowest BCUT2D eigenvalue weighted by atomic mass is 10.2. The molecule has 2 aromatic carbocycles. The third-order valence-electron chi connectivity index (χ3n) is 4.53. The van der Waals surface area contributed by atoms with Gasteiger partial charge in [0.1, 0.15) is 0 Å². The summed E-state index contributed by atoms with van der Waals surface area (Å²) in [5.41, 5.74) is 1.99. The third-order valence-corrected chi connectivity index (χ3v) is 7.93. The van der Waals surface area contributed by atoms with Crippen LogP contribution in [0.4, 0.5) is 5.69 Å². The van der Waals surface area contributed by atoms with E-state index in [0.717, 1.165) is 14.2 Å². The van der Waals surface area contributed by atoms with Crippen LogP contribution in [0.2, 0.25) is 0 Å². The molecule has 0 unspecified atom stereocenters. The Morgan fingerprint density at radius 2 is 1.59 bits per heavy atom. The Bertz CT molecular complexity index is 1110. The van der Waals surface area contributed by atoms with E-state index in [1.165, 1.54) is 11.4 Å². The monoisotopic (exact) mass is 492 g/mol. The predicted octanol–water partition coefficient (Wildman–Crippen LogP) is 4.92. The first kappa shape index (κ1) is 21.5. The van der Waals surface area contributed by atoms with Crippen LogP contribution in [-0.4, -0.2) is 33.3 Å². The molecule has 8 heteroatoms. The van der Waals surface area contributed by atoms with Gasteiger partial charge in [0.25, 0.3) is 15.9 Å². The number of halogens is 1. The van der Waals surface area contributed by atoms with Crippen LogP contribution in [0.3, 0.4) is 0 Å². The maximum atomic E-state index is 12.8. The van der Waals surface area contributed by atoms with E-state index in [2.05, 4.69) is 15.9 Å². The topological polar surface area (TPSA) is 57.7 Å². The molecule has 0 N–H and O–H groups in total. The molecule has 3 aromatic rings. The molecular weight excluding hydrogens is 472 g/mol. The second-order valence-electron chi connectivity index (χ2n) is 6.70. The molecule has 5 nitrogen and oxygen atoms in total. The number of anilines is 1. The molecule has 0 aliphatic heterocycles. The number of amides is 1. The molecule has 0 aliphatic carbocycles. The number of hydrogen-bond donors (Lipinski definition) is 0. The number of hydrogen-bond acceptors (Lipinski definition) is 4. The van der Waals surface area contributed by atoms with Gasteiger partial charge < -0.3 is 4.90 Å². The van der Waals surface area contributed by atoms with E-state index in [4.69, 9.17) is 0 Å². The fourth-order valence-electron chi connectivity index (χ4n) is 2.78. The van der Waals surface area contributed by atoms with Gasteiger partial charge in [0.2, 0.25) is 0 Å². The summed E-state index contributed by atoms with van der Waals surface area (Å²) in [4.78, 5) is 15.6. The number of rotatable bonds is 6. The minimum atomic E-state index is -3.66. The molecule has 152 valence electrons. The fourth-order valence-corrected chi connectivity index (χ4v) is 5.52. The molecule has 1 heterocycles. The van der Waals surface area contributed by atoms with Gasteiger partial charge in [0, 0.05) is 24.5 Å². The van der Waals surface area contributed by atoms with Crippen molar-refractivity contribution in [2.75, 3.05) is 18.4 Å². The first-order chi connectivity index (χ1) is 13.7. The maximum Gasteiger partial charge on any atom is 0.264 e. The zero-order chi connectivity index (χ0) is 21.2. The largest absolute Gasteiger partial charge is 0.337 e. The average Bonchev–Trinajstić information content (AvgIpc) is 3.11. The normalized spacial score (nSPS) is 11.3. The van der Waals surface area contributed by atoms with Gasteiger partial charge in [-0.3, -0.25) is 9.10 Å². The zero-order valence-electron chi connectivity index (χ0n) is 16.3. The van der Waals surface area contributed by atoms with Gasteiger partial charge in [-0.1, -0.05) is 17.7 Å². The second kappa shape index (κ2) is 8.69. The van der Waals surface area contributed by atoms with E-state index in [-0.39, 0.29) is 10.8 Å². The lowest BCUT2D eigenvalue weighted by Gasteiger charge is -2.21. The molecule has 1 amide bonds. The van der Waals surface area contributed by atoms with Crippen molar-refractivity contribution < 1.29 is 13.2 Å². The Balaban J connectivity index is 1.75. The first-order valence-electron chi connectivity index (χ1n) is 8.84. The number of nitrogens with zero attached hydrogens (tertiary/aromatic N) is 2. The second-order valence-corrected chi connectivity index (χ2v) is 11.2. The smallest absolute Gasteiger partial charge is 0.264 e. The van der Waals surface area contributed by atoms with Crippen LogP contribution in [0, 0.1) is 6.92 Å². The van der Waals surface area contributed by atoms with Crippen LogP contribution in [0.25, 0.3) is 0 Å². The highest BCUT2D eigenvalue weighted by atomic mass is 79.9. The van der Waals surface area contributed by atoms with Crippen LogP contribution in [-0.2, 0) is 16.6 Å². The lowest BCUT2D eigenvalue weighted by Crippen LogP contribution is -2.27. The highest BCUT2D eigenvalue weighted by Gasteiger charge is 2.21. The van der Waals surface area contributed by atoms with E-state index in [1.807, 2.05) is 19.1 Å². The van der Waals surface area contributed by atoms with Crippen molar-refractivity contribution in [2.45, 2.75) is 18.4 Å². The standard InChI is InChI=1S/C21H21BrN2O3S2/c1-15-4-11-19(12-5-15)29(26,27)24(3)17-8-6-16(7-9-17)21(25)23(2)14-18-10-13-20(22)28-18/h4-13H,14H2,1-3H3. The predicted molar refractivity (Wildman–Crippen MR) is 121 cm³/mol. The molecule has 0 saturated heterocycles. The number of benzene rings is 2. The summed E-state index contributed by atoms with van der Waals surface area (Å²) in [6, 6.07) is 17.3. The number of aryl methyl sites for hydroxylation is 1. The molecule has 29 heavy (non-hydrogen) atoms. The minimum Gasteiger partial charge on any atom is -0.337 e. The van der Waals surface area contributed by atoms with E-state index in [9.17, 15) is 13.2 Å². The summed E-state index contributed by atoms with van der Waals surface area (Å²) in [7, 11) is -0.407. The maximum absolute atomic E-state index is 12.8. The minimum absolute atomic E-state index is 0.120. The van der Waals surface area contributed by atoms with Crippen LogP contribution in [0.1, 0.15) is 20.8 Å². The number of carbonyl (C=O) groups is 1. The van der Waals surface area contributed by atoms with Crippen molar-refractivity contribution in [1.29, 1.82) is 0 Å². The van der Waals surface area contributed by atoms with Crippen molar-refractivity contribution in [2.24, 2.45) is 0 Å². The fraction of sp³-hybridized carbons (Fsp3) is 0.190. The van der Waals surface area contributed by atoms with Gasteiger partial charge in [-0.15, -0.1) is 11.3 Å². The summed E-state index contributed by atoms with van der Waals surface area (Å²) in [5.74, 6) is -0.120. The van der Waals surface area contributed by atoms with Gasteiger partial charge >= 0.3 is 0 Å². The summed E-state index contributed by atoms with van der Waals surface area (Å²) < 4.78 is 27.9. The SMILES string of the molecule is Cc1ccc(S(=O)(=O)N(C)c2ccc(C(=O)N(C)Cc3ccc(Br)s3)cc2)cc1. The molecule has 0 bridgehead atoms. The summed E-state index contributed by atoms with van der Waals surface area (Å²) in [6.07, 6.45) is 0. The quantitative estimate of drug-likeness (QED) is 0.490. The molecule has 0 aliphatic rings. The van der Waals surface area contributed by atoms with Crippen molar-refractivity contribution in [3.05, 3.63) is 80.5 Å². The Labute approximate surface area is 183 Å².